The molecule has 0 aliphatic rings. The Morgan fingerprint density at radius 3 is 2.32 bits per heavy atom. The highest BCUT2D eigenvalue weighted by molar-refractivity contribution is 7.82. The first-order chi connectivity index (χ1) is 12.9. The summed E-state index contributed by atoms with van der Waals surface area (Å²) in [5, 5.41) is 13.8. The van der Waals surface area contributed by atoms with Crippen LogP contribution in [0.3, 0.4) is 0 Å². The zero-order chi connectivity index (χ0) is 21.1. The van der Waals surface area contributed by atoms with Crippen molar-refractivity contribution >= 4 is 44.2 Å². The lowest BCUT2D eigenvalue weighted by Gasteiger charge is -2.37. The fourth-order valence-corrected chi connectivity index (χ4v) is 3.34. The molecule has 0 saturated heterocycles. The third-order valence-electron chi connectivity index (χ3n) is 4.77. The van der Waals surface area contributed by atoms with Gasteiger partial charge in [-0.3, -0.25) is 10.1 Å². The third-order valence-corrected chi connectivity index (χ3v) is 9.51. The molecule has 0 aromatic heterocycles. The van der Waals surface area contributed by atoms with Gasteiger partial charge in [0.05, 0.1) is 16.7 Å². The summed E-state index contributed by atoms with van der Waals surface area (Å²) in [5.41, 5.74) is 0.843. The van der Waals surface area contributed by atoms with Gasteiger partial charge < -0.3 is 9.74 Å². The number of nitrogens with zero attached hydrogens (tertiary/aromatic N) is 2. The molecule has 2 aromatic rings. The summed E-state index contributed by atoms with van der Waals surface area (Å²) in [7, 11) is -2.30. The number of nitro groups is 1. The maximum absolute atomic E-state index is 12.6. The molecule has 9 heteroatoms. The molecule has 1 N–H and O–H groups in total. The average Bonchev–Trinajstić information content (AvgIpc) is 2.60. The van der Waals surface area contributed by atoms with Crippen molar-refractivity contribution in [2.45, 2.75) is 38.9 Å². The summed E-state index contributed by atoms with van der Waals surface area (Å²) in [6.45, 7) is 10.3. The van der Waals surface area contributed by atoms with Crippen LogP contribution in [0.5, 0.6) is 5.75 Å². The number of non-ortho nitro benzene ring substituents is 1. The number of benzene rings is 2. The maximum Gasteiger partial charge on any atom is 0.336 e. The van der Waals surface area contributed by atoms with Crippen LogP contribution in [0.4, 0.5) is 21.9 Å². The first kappa shape index (κ1) is 21.8. The summed E-state index contributed by atoms with van der Waals surface area (Å²) in [5.74, 6) is 0.263. The van der Waals surface area contributed by atoms with E-state index in [4.69, 9.17) is 4.43 Å². The fourth-order valence-electron chi connectivity index (χ4n) is 2.11. The molecule has 2 amide bonds. The molecule has 0 aliphatic carbocycles. The molecule has 0 saturated carbocycles. The van der Waals surface area contributed by atoms with E-state index in [1.165, 1.54) is 18.2 Å². The average molecular weight is 420 g/mol. The van der Waals surface area contributed by atoms with Crippen LogP contribution < -0.4 is 14.0 Å². The van der Waals surface area contributed by atoms with E-state index in [0.29, 0.717) is 11.4 Å². The second-order valence-corrected chi connectivity index (χ2v) is 13.0. The number of hydrogen-bond acceptors (Lipinski definition) is 5. The topological polar surface area (TPSA) is 84.7 Å². The minimum Gasteiger partial charge on any atom is -0.542 e. The number of thiol groups is 1. The van der Waals surface area contributed by atoms with Crippen LogP contribution in [-0.4, -0.2) is 19.3 Å². The number of urea groups is 1. The third kappa shape index (κ3) is 5.05. The molecule has 0 fully saturated rings. The van der Waals surface area contributed by atoms with Crippen molar-refractivity contribution in [3.05, 3.63) is 58.6 Å². The molecule has 2 rings (SSSR count). The van der Waals surface area contributed by atoms with E-state index in [2.05, 4.69) is 38.9 Å². The van der Waals surface area contributed by atoms with Gasteiger partial charge in [0.2, 0.25) is 0 Å². The SMILES string of the molecule is CC(C)(C)[Si](C)(C)Oc1cc([N+](=O)[O-])ccc1N(S)C(=O)Nc1ccccc1. The molecule has 0 radical (unpaired) electrons. The summed E-state index contributed by atoms with van der Waals surface area (Å²) in [6, 6.07) is 12.6. The molecule has 2 aromatic carbocycles. The molecule has 28 heavy (non-hydrogen) atoms. The van der Waals surface area contributed by atoms with Gasteiger partial charge in [-0.1, -0.05) is 51.8 Å². The van der Waals surface area contributed by atoms with Crippen LogP contribution in [0, 0.1) is 10.1 Å². The smallest absolute Gasteiger partial charge is 0.336 e. The molecular weight excluding hydrogens is 394 g/mol. The van der Waals surface area contributed by atoms with Gasteiger partial charge in [0.15, 0.2) is 0 Å². The number of amides is 2. The molecule has 0 unspecified atom stereocenters. The van der Waals surface area contributed by atoms with Crippen molar-refractivity contribution in [2.75, 3.05) is 9.62 Å². The highest BCUT2D eigenvalue weighted by Crippen LogP contribution is 2.41. The molecular formula is C19H25N3O4SSi. The lowest BCUT2D eigenvalue weighted by molar-refractivity contribution is -0.384. The molecule has 0 atom stereocenters. The van der Waals surface area contributed by atoms with Crippen molar-refractivity contribution in [2.24, 2.45) is 0 Å². The van der Waals surface area contributed by atoms with Gasteiger partial charge in [-0.05, 0) is 36.3 Å². The van der Waals surface area contributed by atoms with E-state index >= 15 is 0 Å². The summed E-state index contributed by atoms with van der Waals surface area (Å²) in [6.07, 6.45) is 0. The van der Waals surface area contributed by atoms with Gasteiger partial charge in [-0.25, -0.2) is 9.10 Å². The predicted octanol–water partition coefficient (Wildman–Crippen LogP) is 5.86. The maximum atomic E-state index is 12.6. The number of carbonyl (C=O) groups excluding carboxylic acids is 1. The van der Waals surface area contributed by atoms with Gasteiger partial charge in [0, 0.05) is 11.8 Å². The van der Waals surface area contributed by atoms with E-state index in [9.17, 15) is 14.9 Å². The van der Waals surface area contributed by atoms with Gasteiger partial charge >= 0.3 is 6.03 Å². The molecule has 7 nitrogen and oxygen atoms in total. The van der Waals surface area contributed by atoms with Crippen molar-refractivity contribution in [3.63, 3.8) is 0 Å². The van der Waals surface area contributed by atoms with Crippen LogP contribution in [0.2, 0.25) is 18.1 Å². The molecule has 0 bridgehead atoms. The Hall–Kier alpha value is -2.52. The van der Waals surface area contributed by atoms with Gasteiger partial charge in [0.1, 0.15) is 5.75 Å². The van der Waals surface area contributed by atoms with Crippen LogP contribution in [0.1, 0.15) is 20.8 Å². The number of anilines is 2. The Morgan fingerprint density at radius 1 is 1.18 bits per heavy atom. The van der Waals surface area contributed by atoms with E-state index in [-0.39, 0.29) is 16.5 Å². The predicted molar refractivity (Wildman–Crippen MR) is 118 cm³/mol. The molecule has 0 aliphatic heterocycles. The monoisotopic (exact) mass is 419 g/mol. The summed E-state index contributed by atoms with van der Waals surface area (Å²) < 4.78 is 7.37. The second-order valence-electron chi connectivity index (χ2n) is 7.88. The normalized spacial score (nSPS) is 11.6. The minimum absolute atomic E-state index is 0.109. The Balaban J connectivity index is 2.39. The zero-order valence-corrected chi connectivity index (χ0v) is 18.5. The highest BCUT2D eigenvalue weighted by Gasteiger charge is 2.40. The number of hydrogen-bond donors (Lipinski definition) is 2. The first-order valence-electron chi connectivity index (χ1n) is 8.75. The Bertz CT molecular complexity index is 869. The van der Waals surface area contributed by atoms with Crippen LogP contribution >= 0.6 is 12.8 Å². The Morgan fingerprint density at radius 2 is 1.79 bits per heavy atom. The number of nitro benzene ring substituents is 1. The number of carbonyl (C=O) groups is 1. The fraction of sp³-hybridized carbons (Fsp3) is 0.316. The first-order valence-corrected chi connectivity index (χ1v) is 12.1. The van der Waals surface area contributed by atoms with E-state index < -0.39 is 19.3 Å². The van der Waals surface area contributed by atoms with Crippen molar-refractivity contribution in [1.82, 2.24) is 0 Å². The largest absolute Gasteiger partial charge is 0.542 e. The molecule has 150 valence electrons. The molecule has 0 heterocycles. The van der Waals surface area contributed by atoms with Gasteiger partial charge in [0.25, 0.3) is 14.0 Å². The van der Waals surface area contributed by atoms with Crippen LogP contribution in [-0.2, 0) is 0 Å². The summed E-state index contributed by atoms with van der Waals surface area (Å²) in [4.78, 5) is 23.3. The van der Waals surface area contributed by atoms with Gasteiger partial charge in [-0.15, -0.1) is 0 Å². The second kappa shape index (κ2) is 8.23. The number of rotatable bonds is 5. The van der Waals surface area contributed by atoms with Gasteiger partial charge in [-0.2, -0.15) is 0 Å². The van der Waals surface area contributed by atoms with Crippen molar-refractivity contribution in [1.29, 1.82) is 0 Å². The zero-order valence-electron chi connectivity index (χ0n) is 16.6. The Labute approximate surface area is 171 Å². The standard InChI is InChI=1S/C19H25N3O4SSi/c1-19(2,3)28(4,5)26-17-13-15(22(24)25)11-12-16(17)21(27)18(23)20-14-9-7-6-8-10-14/h6-13,27H,1-5H3,(H,20,23). The number of para-hydroxylation sites is 1. The Kier molecular flexibility index (Phi) is 6.40. The van der Waals surface area contributed by atoms with E-state index in [0.717, 1.165) is 4.31 Å². The van der Waals surface area contributed by atoms with E-state index in [1.54, 1.807) is 24.3 Å². The lowest BCUT2D eigenvalue weighted by atomic mass is 10.2. The van der Waals surface area contributed by atoms with Crippen molar-refractivity contribution < 1.29 is 14.1 Å². The quantitative estimate of drug-likeness (QED) is 0.275. The lowest BCUT2D eigenvalue weighted by Crippen LogP contribution is -2.44. The molecule has 0 spiro atoms. The number of nitrogens with one attached hydrogen (secondary N) is 1. The van der Waals surface area contributed by atoms with Crippen molar-refractivity contribution in [3.8, 4) is 5.75 Å². The minimum atomic E-state index is -2.30. The highest BCUT2D eigenvalue weighted by atomic mass is 32.1. The van der Waals surface area contributed by atoms with Crippen LogP contribution in [0.15, 0.2) is 48.5 Å². The van der Waals surface area contributed by atoms with Crippen LogP contribution in [0.25, 0.3) is 0 Å². The summed E-state index contributed by atoms with van der Waals surface area (Å²) >= 11 is 4.31. The van der Waals surface area contributed by atoms with E-state index in [1.807, 2.05) is 19.2 Å².